The Morgan fingerprint density at radius 2 is 1.94 bits per heavy atom. The van der Waals surface area contributed by atoms with Crippen LogP contribution in [0.4, 0.5) is 0 Å². The Balaban J connectivity index is 2.20. The van der Waals surface area contributed by atoms with Crippen molar-refractivity contribution < 1.29 is 0 Å². The smallest absolute Gasteiger partial charge is 0.0195 e. The van der Waals surface area contributed by atoms with E-state index >= 15 is 0 Å². The van der Waals surface area contributed by atoms with Crippen molar-refractivity contribution in [2.24, 2.45) is 5.73 Å². The molecule has 2 rings (SSSR count). The fourth-order valence-corrected chi connectivity index (χ4v) is 3.22. The first-order valence-electron chi connectivity index (χ1n) is 6.67. The van der Waals surface area contributed by atoms with Crippen LogP contribution >= 0.6 is 11.3 Å². The van der Waals surface area contributed by atoms with Crippen LogP contribution in [0.1, 0.15) is 41.7 Å². The Hall–Kier alpha value is -1.12. The van der Waals surface area contributed by atoms with Gasteiger partial charge in [-0.1, -0.05) is 43.7 Å². The Kier molecular flexibility index (Phi) is 4.97. The molecule has 0 aliphatic rings. The number of benzene rings is 1. The van der Waals surface area contributed by atoms with E-state index in [9.17, 15) is 0 Å². The Morgan fingerprint density at radius 1 is 1.17 bits per heavy atom. The van der Waals surface area contributed by atoms with Crippen LogP contribution in [-0.2, 0) is 6.42 Å². The molecule has 1 nitrogen and oxygen atoms in total. The lowest BCUT2D eigenvalue weighted by Crippen LogP contribution is -2.07. The molecule has 0 saturated heterocycles. The predicted octanol–water partition coefficient (Wildman–Crippen LogP) is 4.18. The zero-order valence-corrected chi connectivity index (χ0v) is 11.7. The molecule has 0 aliphatic heterocycles. The minimum absolute atomic E-state index is 0.464. The molecule has 1 unspecified atom stereocenters. The monoisotopic (exact) mass is 259 g/mol. The molecule has 1 aromatic heterocycles. The lowest BCUT2D eigenvalue weighted by atomic mass is 9.93. The lowest BCUT2D eigenvalue weighted by Gasteiger charge is -2.15. The van der Waals surface area contributed by atoms with E-state index in [0.29, 0.717) is 5.92 Å². The van der Waals surface area contributed by atoms with E-state index in [4.69, 9.17) is 5.73 Å². The molecule has 0 spiro atoms. The molecule has 18 heavy (non-hydrogen) atoms. The number of hydrogen-bond donors (Lipinski definition) is 1. The van der Waals surface area contributed by atoms with Gasteiger partial charge >= 0.3 is 0 Å². The molecule has 2 aromatic rings. The van der Waals surface area contributed by atoms with Crippen LogP contribution in [0.3, 0.4) is 0 Å². The van der Waals surface area contributed by atoms with Gasteiger partial charge in [0.05, 0.1) is 0 Å². The quantitative estimate of drug-likeness (QED) is 0.827. The highest BCUT2D eigenvalue weighted by molar-refractivity contribution is 7.10. The van der Waals surface area contributed by atoms with Gasteiger partial charge in [-0.2, -0.15) is 0 Å². The van der Waals surface area contributed by atoms with Crippen LogP contribution in [0.25, 0.3) is 0 Å². The van der Waals surface area contributed by atoms with Crippen LogP contribution in [-0.4, -0.2) is 6.54 Å². The van der Waals surface area contributed by atoms with Gasteiger partial charge in [-0.25, -0.2) is 0 Å². The molecule has 1 atom stereocenters. The third-order valence-corrected chi connectivity index (χ3v) is 4.25. The lowest BCUT2D eigenvalue weighted by molar-refractivity contribution is 0.737. The number of hydrogen-bond acceptors (Lipinski definition) is 2. The van der Waals surface area contributed by atoms with E-state index in [2.05, 4.69) is 48.7 Å². The highest BCUT2D eigenvalue weighted by Gasteiger charge is 2.14. The SMILES string of the molecule is CCCc1ccc(C(CCN)c2cccs2)cc1. The van der Waals surface area contributed by atoms with Crippen molar-refractivity contribution in [1.82, 2.24) is 0 Å². The second-order valence-electron chi connectivity index (χ2n) is 4.64. The molecular formula is C16H21NS. The van der Waals surface area contributed by atoms with Crippen molar-refractivity contribution >= 4 is 11.3 Å². The van der Waals surface area contributed by atoms with E-state index in [-0.39, 0.29) is 0 Å². The molecule has 2 heteroatoms. The molecule has 2 N–H and O–H groups in total. The summed E-state index contributed by atoms with van der Waals surface area (Å²) in [7, 11) is 0. The molecule has 96 valence electrons. The van der Waals surface area contributed by atoms with Crippen LogP contribution < -0.4 is 5.73 Å². The molecule has 0 aliphatic carbocycles. The van der Waals surface area contributed by atoms with Crippen molar-refractivity contribution in [1.29, 1.82) is 0 Å². The molecule has 1 heterocycles. The zero-order valence-electron chi connectivity index (χ0n) is 10.9. The van der Waals surface area contributed by atoms with Gasteiger partial charge in [0.15, 0.2) is 0 Å². The first kappa shape index (κ1) is 13.3. The van der Waals surface area contributed by atoms with Crippen LogP contribution in [0.2, 0.25) is 0 Å². The standard InChI is InChI=1S/C16H21NS/c1-2-4-13-6-8-14(9-7-13)15(10-11-17)16-5-3-12-18-16/h3,5-9,12,15H,2,4,10-11,17H2,1H3. The molecule has 0 saturated carbocycles. The van der Waals surface area contributed by atoms with Crippen molar-refractivity contribution in [3.8, 4) is 0 Å². The fraction of sp³-hybridized carbons (Fsp3) is 0.375. The van der Waals surface area contributed by atoms with E-state index in [0.717, 1.165) is 13.0 Å². The van der Waals surface area contributed by atoms with Crippen molar-refractivity contribution in [2.45, 2.75) is 32.1 Å². The van der Waals surface area contributed by atoms with Crippen molar-refractivity contribution in [2.75, 3.05) is 6.54 Å². The summed E-state index contributed by atoms with van der Waals surface area (Å²) in [6, 6.07) is 13.4. The predicted molar refractivity (Wildman–Crippen MR) is 80.3 cm³/mol. The number of aryl methyl sites for hydroxylation is 1. The summed E-state index contributed by atoms with van der Waals surface area (Å²) < 4.78 is 0. The third-order valence-electron chi connectivity index (χ3n) is 3.26. The minimum Gasteiger partial charge on any atom is -0.330 e. The first-order valence-corrected chi connectivity index (χ1v) is 7.55. The summed E-state index contributed by atoms with van der Waals surface area (Å²) in [6.45, 7) is 2.95. The first-order chi connectivity index (χ1) is 8.85. The number of thiophene rings is 1. The Morgan fingerprint density at radius 3 is 2.50 bits per heavy atom. The molecule has 1 aromatic carbocycles. The fourth-order valence-electron chi connectivity index (χ4n) is 2.33. The largest absolute Gasteiger partial charge is 0.330 e. The van der Waals surface area contributed by atoms with Gasteiger partial charge in [-0.3, -0.25) is 0 Å². The van der Waals surface area contributed by atoms with E-state index in [1.165, 1.54) is 28.8 Å². The van der Waals surface area contributed by atoms with Crippen LogP contribution in [0.15, 0.2) is 41.8 Å². The summed E-state index contributed by atoms with van der Waals surface area (Å²) in [5, 5.41) is 2.14. The summed E-state index contributed by atoms with van der Waals surface area (Å²) in [6.07, 6.45) is 3.39. The molecule has 0 radical (unpaired) electrons. The summed E-state index contributed by atoms with van der Waals surface area (Å²) in [4.78, 5) is 1.42. The van der Waals surface area contributed by atoms with Crippen molar-refractivity contribution in [3.63, 3.8) is 0 Å². The van der Waals surface area contributed by atoms with Crippen LogP contribution in [0, 0.1) is 0 Å². The number of rotatable bonds is 6. The van der Waals surface area contributed by atoms with E-state index < -0.39 is 0 Å². The topological polar surface area (TPSA) is 26.0 Å². The second-order valence-corrected chi connectivity index (χ2v) is 5.62. The van der Waals surface area contributed by atoms with Gasteiger partial charge in [0.1, 0.15) is 0 Å². The average Bonchev–Trinajstić information content (AvgIpc) is 2.91. The molecule has 0 bridgehead atoms. The maximum Gasteiger partial charge on any atom is 0.0195 e. The van der Waals surface area contributed by atoms with Gasteiger partial charge in [0.25, 0.3) is 0 Å². The van der Waals surface area contributed by atoms with Gasteiger partial charge in [0, 0.05) is 10.8 Å². The Bertz CT molecular complexity index is 444. The highest BCUT2D eigenvalue weighted by Crippen LogP contribution is 2.31. The highest BCUT2D eigenvalue weighted by atomic mass is 32.1. The van der Waals surface area contributed by atoms with Crippen molar-refractivity contribution in [3.05, 3.63) is 57.8 Å². The second kappa shape index (κ2) is 6.72. The van der Waals surface area contributed by atoms with E-state index in [1.54, 1.807) is 0 Å². The van der Waals surface area contributed by atoms with Gasteiger partial charge in [0.2, 0.25) is 0 Å². The third kappa shape index (κ3) is 3.21. The molecular weight excluding hydrogens is 238 g/mol. The zero-order chi connectivity index (χ0) is 12.8. The minimum atomic E-state index is 0.464. The summed E-state index contributed by atoms with van der Waals surface area (Å²) in [5.74, 6) is 0.464. The average molecular weight is 259 g/mol. The summed E-state index contributed by atoms with van der Waals surface area (Å²) >= 11 is 1.82. The maximum absolute atomic E-state index is 5.76. The molecule has 0 fully saturated rings. The normalized spacial score (nSPS) is 12.6. The summed E-state index contributed by atoms with van der Waals surface area (Å²) in [5.41, 5.74) is 8.58. The van der Waals surface area contributed by atoms with Gasteiger partial charge < -0.3 is 5.73 Å². The van der Waals surface area contributed by atoms with Gasteiger partial charge in [-0.05, 0) is 42.0 Å². The molecule has 0 amide bonds. The van der Waals surface area contributed by atoms with Gasteiger partial charge in [-0.15, -0.1) is 11.3 Å². The Labute approximate surface area is 114 Å². The van der Waals surface area contributed by atoms with Crippen LogP contribution in [0.5, 0.6) is 0 Å². The maximum atomic E-state index is 5.76. The van der Waals surface area contributed by atoms with E-state index in [1.807, 2.05) is 11.3 Å². The number of nitrogens with two attached hydrogens (primary N) is 1.